The smallest absolute Gasteiger partial charge is 0.0936 e. The van der Waals surface area contributed by atoms with Gasteiger partial charge in [-0.3, -0.25) is 0 Å². The van der Waals surface area contributed by atoms with Crippen LogP contribution >= 0.6 is 0 Å². The van der Waals surface area contributed by atoms with Gasteiger partial charge in [0.2, 0.25) is 0 Å². The highest BCUT2D eigenvalue weighted by molar-refractivity contribution is 6.02. The van der Waals surface area contributed by atoms with Crippen molar-refractivity contribution in [3.8, 4) is 0 Å². The Morgan fingerprint density at radius 3 is 1.72 bits per heavy atom. The van der Waals surface area contributed by atoms with E-state index in [4.69, 9.17) is 5.73 Å². The molecule has 5 heteroatoms. The van der Waals surface area contributed by atoms with E-state index in [9.17, 15) is 0 Å². The highest BCUT2D eigenvalue weighted by atomic mass is 15.1. The van der Waals surface area contributed by atoms with Gasteiger partial charge < -0.3 is 5.73 Å². The van der Waals surface area contributed by atoms with Crippen LogP contribution < -0.4 is 5.73 Å². The number of aryl methyl sites for hydroxylation is 1. The Morgan fingerprint density at radius 2 is 1.03 bits per heavy atom. The van der Waals surface area contributed by atoms with Gasteiger partial charge in [0.15, 0.2) is 0 Å². The number of benzene rings is 5. The van der Waals surface area contributed by atoms with E-state index < -0.39 is 0 Å². The number of hydrogen-bond acceptors (Lipinski definition) is 5. The van der Waals surface area contributed by atoms with Crippen LogP contribution in [0.25, 0.3) is 21.5 Å². The molecular weight excluding hydrogens is 394 g/mol. The number of hydrogen-bond donors (Lipinski definition) is 1. The summed E-state index contributed by atoms with van der Waals surface area (Å²) in [7, 11) is 0. The zero-order chi connectivity index (χ0) is 21.9. The monoisotopic (exact) mass is 415 g/mol. The zero-order valence-electron chi connectivity index (χ0n) is 17.6. The number of nitrogens with zero attached hydrogens (tertiary/aromatic N) is 4. The molecule has 5 rings (SSSR count). The maximum atomic E-state index is 6.20. The molecule has 0 amide bonds. The fourth-order valence-corrected chi connectivity index (χ4v) is 3.85. The molecule has 0 aliphatic carbocycles. The summed E-state index contributed by atoms with van der Waals surface area (Å²) >= 11 is 0. The highest BCUT2D eigenvalue weighted by Gasteiger charge is 2.08. The SMILES string of the molecule is Cc1cccc2c(N=Nc3ccc(N=Nc4ccccc4)c4ccccc34)ccc(N)c12. The number of nitrogen functional groups attached to an aromatic ring is 1. The number of nitrogens with two attached hydrogens (primary N) is 1. The van der Waals surface area contributed by atoms with Crippen molar-refractivity contribution in [3.63, 3.8) is 0 Å². The first-order chi connectivity index (χ1) is 15.7. The number of rotatable bonds is 4. The van der Waals surface area contributed by atoms with Crippen LogP contribution in [-0.2, 0) is 0 Å². The number of azo groups is 2. The summed E-state index contributed by atoms with van der Waals surface area (Å²) in [5, 5.41) is 21.9. The molecule has 0 aliphatic rings. The van der Waals surface area contributed by atoms with Crippen LogP contribution in [0.3, 0.4) is 0 Å². The van der Waals surface area contributed by atoms with Gasteiger partial charge in [-0.25, -0.2) is 0 Å². The van der Waals surface area contributed by atoms with Crippen LogP contribution in [0.1, 0.15) is 5.56 Å². The van der Waals surface area contributed by atoms with Crippen LogP contribution in [0.5, 0.6) is 0 Å². The molecule has 2 N–H and O–H groups in total. The summed E-state index contributed by atoms with van der Waals surface area (Å²) in [5.74, 6) is 0. The number of anilines is 1. The van der Waals surface area contributed by atoms with E-state index in [0.717, 1.165) is 55.5 Å². The van der Waals surface area contributed by atoms with Gasteiger partial charge in [0.25, 0.3) is 0 Å². The lowest BCUT2D eigenvalue weighted by Gasteiger charge is -2.08. The first kappa shape index (κ1) is 19.6. The van der Waals surface area contributed by atoms with E-state index in [1.807, 2.05) is 91.0 Å². The van der Waals surface area contributed by atoms with Gasteiger partial charge in [-0.15, -0.1) is 15.3 Å². The Bertz CT molecular complexity index is 1480. The molecule has 0 bridgehead atoms. The van der Waals surface area contributed by atoms with Crippen molar-refractivity contribution < 1.29 is 0 Å². The van der Waals surface area contributed by atoms with Crippen LogP contribution in [-0.4, -0.2) is 0 Å². The van der Waals surface area contributed by atoms with Crippen molar-refractivity contribution in [1.82, 2.24) is 0 Å². The van der Waals surface area contributed by atoms with E-state index in [0.29, 0.717) is 0 Å². The van der Waals surface area contributed by atoms with E-state index in [1.165, 1.54) is 0 Å². The molecular formula is C27H21N5. The number of fused-ring (bicyclic) bond motifs is 2. The molecule has 0 fully saturated rings. The summed E-state index contributed by atoms with van der Waals surface area (Å²) in [6, 6.07) is 31.4. The molecule has 5 aromatic rings. The molecule has 154 valence electrons. The molecule has 0 saturated carbocycles. The first-order valence-corrected chi connectivity index (χ1v) is 10.4. The molecule has 5 aromatic carbocycles. The third-order valence-electron chi connectivity index (χ3n) is 5.43. The predicted molar refractivity (Wildman–Crippen MR) is 132 cm³/mol. The molecule has 0 atom stereocenters. The van der Waals surface area contributed by atoms with Crippen LogP contribution in [0.4, 0.5) is 28.4 Å². The zero-order valence-corrected chi connectivity index (χ0v) is 17.6. The fourth-order valence-electron chi connectivity index (χ4n) is 3.85. The average molecular weight is 416 g/mol. The lowest BCUT2D eigenvalue weighted by molar-refractivity contribution is 1.23. The largest absolute Gasteiger partial charge is 0.398 e. The third kappa shape index (κ3) is 3.72. The summed E-state index contributed by atoms with van der Waals surface area (Å²) in [6.45, 7) is 2.05. The quantitative estimate of drug-likeness (QED) is 0.231. The minimum Gasteiger partial charge on any atom is -0.398 e. The molecule has 0 aromatic heterocycles. The maximum Gasteiger partial charge on any atom is 0.0936 e. The Kier molecular flexibility index (Phi) is 5.14. The molecule has 0 spiro atoms. The molecule has 0 heterocycles. The highest BCUT2D eigenvalue weighted by Crippen LogP contribution is 2.37. The fraction of sp³-hybridized carbons (Fsp3) is 0.0370. The Labute approximate surface area is 186 Å². The van der Waals surface area contributed by atoms with Crippen LogP contribution in [0.15, 0.2) is 118 Å². The summed E-state index contributed by atoms with van der Waals surface area (Å²) in [4.78, 5) is 0. The lowest BCUT2D eigenvalue weighted by Crippen LogP contribution is -1.89. The van der Waals surface area contributed by atoms with Crippen LogP contribution in [0, 0.1) is 6.92 Å². The van der Waals surface area contributed by atoms with E-state index in [1.54, 1.807) is 0 Å². The normalized spacial score (nSPS) is 11.8. The van der Waals surface area contributed by atoms with Crippen molar-refractivity contribution in [2.75, 3.05) is 5.73 Å². The van der Waals surface area contributed by atoms with Gasteiger partial charge in [-0.1, -0.05) is 60.7 Å². The Hall–Kier alpha value is -4.38. The molecule has 0 aliphatic heterocycles. The van der Waals surface area contributed by atoms with Gasteiger partial charge in [-0.05, 0) is 48.9 Å². The summed E-state index contributed by atoms with van der Waals surface area (Å²) < 4.78 is 0. The standard InChI is InChI=1S/C27H21N5/c1-18-8-7-13-22-26(15-14-23(28)27(18)22)32-31-25-17-16-24(20-11-5-6-12-21(20)25)30-29-19-9-3-2-4-10-19/h2-17H,28H2,1H3. The minimum absolute atomic E-state index is 0.746. The Balaban J connectivity index is 1.56. The maximum absolute atomic E-state index is 6.20. The van der Waals surface area contributed by atoms with Crippen molar-refractivity contribution in [2.45, 2.75) is 6.92 Å². The molecule has 32 heavy (non-hydrogen) atoms. The third-order valence-corrected chi connectivity index (χ3v) is 5.43. The van der Waals surface area contributed by atoms with Gasteiger partial charge in [0.05, 0.1) is 22.7 Å². The van der Waals surface area contributed by atoms with Gasteiger partial charge in [0, 0.05) is 27.2 Å². The van der Waals surface area contributed by atoms with E-state index in [2.05, 4.69) is 33.4 Å². The predicted octanol–water partition coefficient (Wildman–Crippen LogP) is 8.71. The first-order valence-electron chi connectivity index (χ1n) is 10.4. The van der Waals surface area contributed by atoms with Gasteiger partial charge in [0.1, 0.15) is 0 Å². The summed E-state index contributed by atoms with van der Waals surface area (Å²) in [5.41, 5.74) is 11.2. The summed E-state index contributed by atoms with van der Waals surface area (Å²) in [6.07, 6.45) is 0. The second-order valence-corrected chi connectivity index (χ2v) is 7.56. The molecule has 0 unspecified atom stereocenters. The van der Waals surface area contributed by atoms with E-state index >= 15 is 0 Å². The van der Waals surface area contributed by atoms with Crippen molar-refractivity contribution >= 4 is 50.0 Å². The molecule has 5 nitrogen and oxygen atoms in total. The average Bonchev–Trinajstić information content (AvgIpc) is 2.83. The topological polar surface area (TPSA) is 75.5 Å². The van der Waals surface area contributed by atoms with Crippen LogP contribution in [0.2, 0.25) is 0 Å². The second kappa shape index (κ2) is 8.40. The molecule has 0 radical (unpaired) electrons. The molecule has 0 saturated heterocycles. The van der Waals surface area contributed by atoms with E-state index in [-0.39, 0.29) is 0 Å². The second-order valence-electron chi connectivity index (χ2n) is 7.56. The minimum atomic E-state index is 0.746. The van der Waals surface area contributed by atoms with Crippen molar-refractivity contribution in [1.29, 1.82) is 0 Å². The van der Waals surface area contributed by atoms with Crippen molar-refractivity contribution in [3.05, 3.63) is 103 Å². The van der Waals surface area contributed by atoms with Gasteiger partial charge >= 0.3 is 0 Å². The van der Waals surface area contributed by atoms with Gasteiger partial charge in [-0.2, -0.15) is 5.11 Å². The lowest BCUT2D eigenvalue weighted by atomic mass is 10.0. The van der Waals surface area contributed by atoms with Crippen molar-refractivity contribution in [2.24, 2.45) is 20.5 Å². The Morgan fingerprint density at radius 1 is 0.500 bits per heavy atom.